The molecule has 1 N–H and O–H groups in total. The van der Waals surface area contributed by atoms with Gasteiger partial charge in [-0.05, 0) is 54.5 Å². The third-order valence-corrected chi connectivity index (χ3v) is 4.28. The Balaban J connectivity index is 1.51. The Bertz CT molecular complexity index is 714. The lowest BCUT2D eigenvalue weighted by Crippen LogP contribution is -2.26. The van der Waals surface area contributed by atoms with Crippen molar-refractivity contribution in [1.82, 2.24) is 5.43 Å². The minimum absolute atomic E-state index is 0.0223. The van der Waals surface area contributed by atoms with Crippen LogP contribution in [0.15, 0.2) is 47.6 Å². The second-order valence-corrected chi connectivity index (χ2v) is 6.19. The Hall–Kier alpha value is -2.36. The second kappa shape index (κ2) is 7.27. The molecule has 0 atom stereocenters. The Labute approximate surface area is 136 Å². The summed E-state index contributed by atoms with van der Waals surface area (Å²) >= 11 is 0. The zero-order valence-electron chi connectivity index (χ0n) is 13.4. The fourth-order valence-electron chi connectivity index (χ4n) is 2.79. The summed E-state index contributed by atoms with van der Waals surface area (Å²) in [5.41, 5.74) is 3.68. The number of ether oxygens (including phenoxy) is 1. The maximum Gasteiger partial charge on any atom is 0.277 e. The summed E-state index contributed by atoms with van der Waals surface area (Å²) < 4.78 is 5.55. The van der Waals surface area contributed by atoms with E-state index in [-0.39, 0.29) is 12.5 Å². The van der Waals surface area contributed by atoms with E-state index in [9.17, 15) is 4.79 Å². The third kappa shape index (κ3) is 4.31. The number of amides is 1. The summed E-state index contributed by atoms with van der Waals surface area (Å²) in [5, 5.41) is 6.47. The van der Waals surface area contributed by atoms with E-state index in [2.05, 4.69) is 17.5 Å². The van der Waals surface area contributed by atoms with Crippen LogP contribution in [0.4, 0.5) is 0 Å². The summed E-state index contributed by atoms with van der Waals surface area (Å²) in [5.74, 6) is 1.24. The summed E-state index contributed by atoms with van der Waals surface area (Å²) in [6.07, 6.45) is 4.27. The Morgan fingerprint density at radius 3 is 2.70 bits per heavy atom. The second-order valence-electron chi connectivity index (χ2n) is 6.19. The van der Waals surface area contributed by atoms with E-state index >= 15 is 0 Å². The van der Waals surface area contributed by atoms with Crippen LogP contribution < -0.4 is 10.2 Å². The van der Waals surface area contributed by atoms with E-state index in [0.717, 1.165) is 48.1 Å². The SMILES string of the molecule is CC1CCC(=NNC(=O)COc2ccc3ccccc3c2)CC1. The molecule has 0 aliphatic heterocycles. The Morgan fingerprint density at radius 2 is 1.91 bits per heavy atom. The number of carbonyl (C=O) groups excluding carboxylic acids is 1. The molecule has 0 radical (unpaired) electrons. The maximum absolute atomic E-state index is 11.8. The standard InChI is InChI=1S/C19H22N2O2/c1-14-6-9-17(10-7-14)20-21-19(22)13-23-18-11-8-15-4-2-3-5-16(15)12-18/h2-5,8,11-12,14H,6-7,9-10,13H2,1H3,(H,21,22). The molecule has 0 bridgehead atoms. The van der Waals surface area contributed by atoms with Crippen LogP contribution in [-0.2, 0) is 4.79 Å². The monoisotopic (exact) mass is 310 g/mol. The minimum atomic E-state index is -0.218. The van der Waals surface area contributed by atoms with E-state index < -0.39 is 0 Å². The van der Waals surface area contributed by atoms with Gasteiger partial charge in [-0.1, -0.05) is 37.3 Å². The largest absolute Gasteiger partial charge is 0.484 e. The summed E-state index contributed by atoms with van der Waals surface area (Å²) in [6.45, 7) is 2.23. The molecule has 4 heteroatoms. The maximum atomic E-state index is 11.8. The molecule has 4 nitrogen and oxygen atoms in total. The van der Waals surface area contributed by atoms with E-state index in [1.807, 2.05) is 42.5 Å². The normalized spacial score (nSPS) is 17.8. The van der Waals surface area contributed by atoms with Gasteiger partial charge in [0.1, 0.15) is 5.75 Å². The highest BCUT2D eigenvalue weighted by atomic mass is 16.5. The molecule has 2 aromatic rings. The van der Waals surface area contributed by atoms with Crippen molar-refractivity contribution in [2.75, 3.05) is 6.61 Å². The number of rotatable bonds is 4. The molecular weight excluding hydrogens is 288 g/mol. The zero-order chi connectivity index (χ0) is 16.1. The number of nitrogens with one attached hydrogen (secondary N) is 1. The summed E-state index contributed by atoms with van der Waals surface area (Å²) in [7, 11) is 0. The molecule has 3 rings (SSSR count). The summed E-state index contributed by atoms with van der Waals surface area (Å²) in [6, 6.07) is 13.9. The highest BCUT2D eigenvalue weighted by Gasteiger charge is 2.13. The van der Waals surface area contributed by atoms with Crippen LogP contribution in [0.2, 0.25) is 0 Å². The highest BCUT2D eigenvalue weighted by Crippen LogP contribution is 2.21. The fraction of sp³-hybridized carbons (Fsp3) is 0.368. The van der Waals surface area contributed by atoms with E-state index in [1.54, 1.807) is 0 Å². The van der Waals surface area contributed by atoms with Crippen molar-refractivity contribution in [2.45, 2.75) is 32.6 Å². The van der Waals surface area contributed by atoms with Crippen molar-refractivity contribution in [3.8, 4) is 5.75 Å². The van der Waals surface area contributed by atoms with Gasteiger partial charge in [0.25, 0.3) is 5.91 Å². The first-order valence-electron chi connectivity index (χ1n) is 8.16. The van der Waals surface area contributed by atoms with Crippen molar-refractivity contribution in [3.63, 3.8) is 0 Å². The first-order chi connectivity index (χ1) is 11.2. The Kier molecular flexibility index (Phi) is 4.91. The number of hydrogen-bond donors (Lipinski definition) is 1. The number of nitrogens with zero attached hydrogens (tertiary/aromatic N) is 1. The zero-order valence-corrected chi connectivity index (χ0v) is 13.4. The minimum Gasteiger partial charge on any atom is -0.484 e. The van der Waals surface area contributed by atoms with Gasteiger partial charge < -0.3 is 4.74 Å². The molecule has 1 aliphatic rings. The Morgan fingerprint density at radius 1 is 1.17 bits per heavy atom. The van der Waals surface area contributed by atoms with Gasteiger partial charge in [0, 0.05) is 5.71 Å². The summed E-state index contributed by atoms with van der Waals surface area (Å²) in [4.78, 5) is 11.8. The molecule has 0 unspecified atom stereocenters. The third-order valence-electron chi connectivity index (χ3n) is 4.28. The number of hydrogen-bond acceptors (Lipinski definition) is 3. The van der Waals surface area contributed by atoms with Gasteiger partial charge in [-0.2, -0.15) is 5.10 Å². The number of benzene rings is 2. The van der Waals surface area contributed by atoms with Crippen molar-refractivity contribution in [2.24, 2.45) is 11.0 Å². The number of hydrazone groups is 1. The molecule has 0 aromatic heterocycles. The van der Waals surface area contributed by atoms with Crippen molar-refractivity contribution < 1.29 is 9.53 Å². The van der Waals surface area contributed by atoms with Gasteiger partial charge in [-0.15, -0.1) is 0 Å². The lowest BCUT2D eigenvalue weighted by molar-refractivity contribution is -0.123. The van der Waals surface area contributed by atoms with Gasteiger partial charge in [-0.3, -0.25) is 4.79 Å². The van der Waals surface area contributed by atoms with Crippen LogP contribution >= 0.6 is 0 Å². The highest BCUT2D eigenvalue weighted by molar-refractivity contribution is 5.87. The molecule has 120 valence electrons. The van der Waals surface area contributed by atoms with Crippen LogP contribution in [-0.4, -0.2) is 18.2 Å². The molecule has 23 heavy (non-hydrogen) atoms. The van der Waals surface area contributed by atoms with E-state index in [4.69, 9.17) is 4.74 Å². The molecular formula is C19H22N2O2. The average molecular weight is 310 g/mol. The molecule has 1 saturated carbocycles. The molecule has 0 spiro atoms. The van der Waals surface area contributed by atoms with Gasteiger partial charge in [0.2, 0.25) is 0 Å². The topological polar surface area (TPSA) is 50.7 Å². The quantitative estimate of drug-likeness (QED) is 0.871. The lowest BCUT2D eigenvalue weighted by Gasteiger charge is -2.18. The number of fused-ring (bicyclic) bond motifs is 1. The van der Waals surface area contributed by atoms with E-state index in [0.29, 0.717) is 5.75 Å². The van der Waals surface area contributed by atoms with Gasteiger partial charge >= 0.3 is 0 Å². The molecule has 1 amide bonds. The van der Waals surface area contributed by atoms with Crippen LogP contribution in [0.1, 0.15) is 32.6 Å². The van der Waals surface area contributed by atoms with Crippen LogP contribution in [0.5, 0.6) is 5.75 Å². The molecule has 1 fully saturated rings. The predicted octanol–water partition coefficient (Wildman–Crippen LogP) is 3.90. The molecule has 2 aromatic carbocycles. The van der Waals surface area contributed by atoms with Crippen LogP contribution in [0.3, 0.4) is 0 Å². The first kappa shape index (κ1) is 15.5. The first-order valence-corrected chi connectivity index (χ1v) is 8.16. The van der Waals surface area contributed by atoms with Gasteiger partial charge in [0.15, 0.2) is 6.61 Å². The van der Waals surface area contributed by atoms with Crippen LogP contribution in [0, 0.1) is 5.92 Å². The van der Waals surface area contributed by atoms with Gasteiger partial charge in [0.05, 0.1) is 0 Å². The number of carbonyl (C=O) groups is 1. The van der Waals surface area contributed by atoms with Crippen molar-refractivity contribution in [1.29, 1.82) is 0 Å². The van der Waals surface area contributed by atoms with Gasteiger partial charge in [-0.25, -0.2) is 5.43 Å². The van der Waals surface area contributed by atoms with E-state index in [1.165, 1.54) is 0 Å². The smallest absolute Gasteiger partial charge is 0.277 e. The molecule has 0 heterocycles. The molecule has 1 aliphatic carbocycles. The van der Waals surface area contributed by atoms with Crippen molar-refractivity contribution in [3.05, 3.63) is 42.5 Å². The van der Waals surface area contributed by atoms with Crippen molar-refractivity contribution >= 4 is 22.4 Å². The van der Waals surface area contributed by atoms with Crippen LogP contribution in [0.25, 0.3) is 10.8 Å². The molecule has 0 saturated heterocycles. The average Bonchev–Trinajstić information content (AvgIpc) is 2.59. The predicted molar refractivity (Wildman–Crippen MR) is 92.7 cm³/mol. The fourth-order valence-corrected chi connectivity index (χ4v) is 2.79. The lowest BCUT2D eigenvalue weighted by atomic mass is 9.90.